The largest absolute Gasteiger partial charge is 0.341 e. The topological polar surface area (TPSA) is 20.3 Å². The standard InChI is InChI=1S/C13H17BrClNO/c1-16(13(17)8-4-5-9-15)10-11-6-2-3-7-12(11)14/h2-3,6-7H,4-5,8-10H2,1H3. The monoisotopic (exact) mass is 317 g/mol. The summed E-state index contributed by atoms with van der Waals surface area (Å²) >= 11 is 9.07. The third-order valence-corrected chi connectivity index (χ3v) is 3.61. The summed E-state index contributed by atoms with van der Waals surface area (Å²) in [7, 11) is 1.84. The number of halogens is 2. The van der Waals surface area contributed by atoms with Gasteiger partial charge in [-0.05, 0) is 24.5 Å². The van der Waals surface area contributed by atoms with E-state index in [1.54, 1.807) is 4.90 Å². The first-order valence-electron chi connectivity index (χ1n) is 5.68. The molecule has 0 heterocycles. The molecule has 0 aliphatic rings. The van der Waals surface area contributed by atoms with Gasteiger partial charge in [-0.2, -0.15) is 0 Å². The first kappa shape index (κ1) is 14.5. The molecule has 0 saturated carbocycles. The van der Waals surface area contributed by atoms with Gasteiger partial charge < -0.3 is 4.90 Å². The van der Waals surface area contributed by atoms with Gasteiger partial charge in [0.15, 0.2) is 0 Å². The van der Waals surface area contributed by atoms with E-state index in [9.17, 15) is 4.79 Å². The quantitative estimate of drug-likeness (QED) is 0.577. The van der Waals surface area contributed by atoms with Gasteiger partial charge in [0.1, 0.15) is 0 Å². The van der Waals surface area contributed by atoms with Crippen molar-refractivity contribution in [2.45, 2.75) is 25.8 Å². The van der Waals surface area contributed by atoms with E-state index < -0.39 is 0 Å². The maximum Gasteiger partial charge on any atom is 0.222 e. The zero-order valence-electron chi connectivity index (χ0n) is 9.96. The predicted molar refractivity (Wildman–Crippen MR) is 75.2 cm³/mol. The van der Waals surface area contributed by atoms with Gasteiger partial charge >= 0.3 is 0 Å². The number of carbonyl (C=O) groups excluding carboxylic acids is 1. The number of carbonyl (C=O) groups is 1. The van der Waals surface area contributed by atoms with Crippen LogP contribution in [0.1, 0.15) is 24.8 Å². The molecule has 1 aromatic carbocycles. The van der Waals surface area contributed by atoms with Crippen molar-refractivity contribution in [3.8, 4) is 0 Å². The summed E-state index contributed by atoms with van der Waals surface area (Å²) in [4.78, 5) is 13.6. The zero-order valence-corrected chi connectivity index (χ0v) is 12.3. The van der Waals surface area contributed by atoms with E-state index in [1.165, 1.54) is 0 Å². The number of benzene rings is 1. The molecule has 0 aliphatic heterocycles. The summed E-state index contributed by atoms with van der Waals surface area (Å²) in [5.41, 5.74) is 1.13. The number of alkyl halides is 1. The van der Waals surface area contributed by atoms with Gasteiger partial charge in [-0.3, -0.25) is 4.79 Å². The third kappa shape index (κ3) is 5.09. The van der Waals surface area contributed by atoms with Crippen LogP contribution in [0.25, 0.3) is 0 Å². The average Bonchev–Trinajstić information content (AvgIpc) is 2.32. The van der Waals surface area contributed by atoms with Crippen LogP contribution < -0.4 is 0 Å². The van der Waals surface area contributed by atoms with E-state index in [-0.39, 0.29) is 5.91 Å². The Labute approximate surface area is 116 Å². The minimum Gasteiger partial charge on any atom is -0.341 e. The number of hydrogen-bond donors (Lipinski definition) is 0. The van der Waals surface area contributed by atoms with Gasteiger partial charge in [0.25, 0.3) is 0 Å². The van der Waals surface area contributed by atoms with Crippen molar-refractivity contribution in [2.24, 2.45) is 0 Å². The van der Waals surface area contributed by atoms with E-state index in [4.69, 9.17) is 11.6 Å². The number of hydrogen-bond acceptors (Lipinski definition) is 1. The predicted octanol–water partition coefficient (Wildman–Crippen LogP) is 3.82. The van der Waals surface area contributed by atoms with Crippen LogP contribution in [0.5, 0.6) is 0 Å². The molecule has 17 heavy (non-hydrogen) atoms. The van der Waals surface area contributed by atoms with E-state index in [0.29, 0.717) is 18.8 Å². The first-order chi connectivity index (χ1) is 8.15. The molecule has 0 saturated heterocycles. The fourth-order valence-corrected chi connectivity index (χ4v) is 2.13. The van der Waals surface area contributed by atoms with Crippen molar-refractivity contribution in [2.75, 3.05) is 12.9 Å². The molecule has 0 aliphatic carbocycles. The summed E-state index contributed by atoms with van der Waals surface area (Å²) in [6.45, 7) is 0.640. The molecule has 0 radical (unpaired) electrons. The molecular formula is C13H17BrClNO. The summed E-state index contributed by atoms with van der Waals surface area (Å²) in [5.74, 6) is 0.798. The van der Waals surface area contributed by atoms with Gasteiger partial charge in [-0.25, -0.2) is 0 Å². The molecule has 0 unspecified atom stereocenters. The number of amides is 1. The van der Waals surface area contributed by atoms with Gasteiger partial charge in [-0.1, -0.05) is 34.1 Å². The van der Waals surface area contributed by atoms with E-state index in [0.717, 1.165) is 22.9 Å². The Hall–Kier alpha value is -0.540. The molecule has 1 rings (SSSR count). The van der Waals surface area contributed by atoms with Crippen LogP contribution in [0.2, 0.25) is 0 Å². The number of rotatable bonds is 6. The Morgan fingerprint density at radius 1 is 1.35 bits per heavy atom. The molecule has 0 fully saturated rings. The highest BCUT2D eigenvalue weighted by Crippen LogP contribution is 2.17. The van der Waals surface area contributed by atoms with Gasteiger partial charge in [0, 0.05) is 30.4 Å². The molecule has 0 aromatic heterocycles. The molecule has 0 spiro atoms. The Kier molecular flexibility index (Phi) is 6.60. The average molecular weight is 319 g/mol. The summed E-state index contributed by atoms with van der Waals surface area (Å²) in [6, 6.07) is 7.95. The van der Waals surface area contributed by atoms with Crippen LogP contribution in [-0.2, 0) is 11.3 Å². The minimum atomic E-state index is 0.172. The van der Waals surface area contributed by atoms with Crippen molar-refractivity contribution in [3.05, 3.63) is 34.3 Å². The highest BCUT2D eigenvalue weighted by atomic mass is 79.9. The lowest BCUT2D eigenvalue weighted by molar-refractivity contribution is -0.130. The molecule has 0 atom stereocenters. The maximum atomic E-state index is 11.8. The second-order valence-corrected chi connectivity index (χ2v) is 5.22. The fraction of sp³-hybridized carbons (Fsp3) is 0.462. The van der Waals surface area contributed by atoms with Crippen molar-refractivity contribution < 1.29 is 4.79 Å². The normalized spacial score (nSPS) is 10.3. The minimum absolute atomic E-state index is 0.172. The van der Waals surface area contributed by atoms with Gasteiger partial charge in [0.2, 0.25) is 5.91 Å². The zero-order chi connectivity index (χ0) is 12.7. The lowest BCUT2D eigenvalue weighted by Crippen LogP contribution is -2.26. The Morgan fingerprint density at radius 3 is 2.71 bits per heavy atom. The van der Waals surface area contributed by atoms with E-state index >= 15 is 0 Å². The second-order valence-electron chi connectivity index (χ2n) is 3.99. The molecule has 2 nitrogen and oxygen atoms in total. The molecule has 4 heteroatoms. The van der Waals surface area contributed by atoms with Gasteiger partial charge in [-0.15, -0.1) is 11.6 Å². The van der Waals surface area contributed by atoms with E-state index in [1.807, 2.05) is 31.3 Å². The lowest BCUT2D eigenvalue weighted by Gasteiger charge is -2.18. The highest BCUT2D eigenvalue weighted by Gasteiger charge is 2.09. The van der Waals surface area contributed by atoms with Crippen molar-refractivity contribution in [3.63, 3.8) is 0 Å². The van der Waals surface area contributed by atoms with Crippen LogP contribution in [0.15, 0.2) is 28.7 Å². The Balaban J connectivity index is 2.46. The molecule has 1 amide bonds. The van der Waals surface area contributed by atoms with Crippen molar-refractivity contribution >= 4 is 33.4 Å². The molecule has 0 N–H and O–H groups in total. The van der Waals surface area contributed by atoms with Crippen LogP contribution in [0.4, 0.5) is 0 Å². The fourth-order valence-electron chi connectivity index (χ4n) is 1.53. The molecule has 0 bridgehead atoms. The Bertz CT molecular complexity index is 370. The third-order valence-electron chi connectivity index (χ3n) is 2.57. The lowest BCUT2D eigenvalue weighted by atomic mass is 10.2. The Morgan fingerprint density at radius 2 is 2.06 bits per heavy atom. The van der Waals surface area contributed by atoms with Crippen LogP contribution >= 0.6 is 27.5 Å². The van der Waals surface area contributed by atoms with Crippen LogP contribution in [0, 0.1) is 0 Å². The summed E-state index contributed by atoms with van der Waals surface area (Å²) in [6.07, 6.45) is 2.34. The smallest absolute Gasteiger partial charge is 0.222 e. The SMILES string of the molecule is CN(Cc1ccccc1Br)C(=O)CCCCCl. The summed E-state index contributed by atoms with van der Waals surface area (Å²) < 4.78 is 1.04. The van der Waals surface area contributed by atoms with Gasteiger partial charge in [0.05, 0.1) is 0 Å². The van der Waals surface area contributed by atoms with Crippen LogP contribution in [-0.4, -0.2) is 23.7 Å². The number of nitrogens with zero attached hydrogens (tertiary/aromatic N) is 1. The molecule has 1 aromatic rings. The van der Waals surface area contributed by atoms with E-state index in [2.05, 4.69) is 15.9 Å². The molecule has 94 valence electrons. The second kappa shape index (κ2) is 7.72. The van der Waals surface area contributed by atoms with Crippen molar-refractivity contribution in [1.29, 1.82) is 0 Å². The molecular weight excluding hydrogens is 302 g/mol. The van der Waals surface area contributed by atoms with Crippen LogP contribution in [0.3, 0.4) is 0 Å². The number of unbranched alkanes of at least 4 members (excludes halogenated alkanes) is 1. The highest BCUT2D eigenvalue weighted by molar-refractivity contribution is 9.10. The van der Waals surface area contributed by atoms with Crippen molar-refractivity contribution in [1.82, 2.24) is 4.90 Å². The maximum absolute atomic E-state index is 11.8. The first-order valence-corrected chi connectivity index (χ1v) is 7.01. The summed E-state index contributed by atoms with van der Waals surface area (Å²) in [5, 5.41) is 0.